The van der Waals surface area contributed by atoms with Gasteiger partial charge in [0.15, 0.2) is 0 Å². The van der Waals surface area contributed by atoms with Gasteiger partial charge in [-0.15, -0.1) is 0 Å². The molecule has 2 heterocycles. The summed E-state index contributed by atoms with van der Waals surface area (Å²) in [5.74, 6) is 0.0989. The third-order valence-electron chi connectivity index (χ3n) is 6.16. The molecule has 2 aromatic rings. The first-order valence-corrected chi connectivity index (χ1v) is 10.9. The Balaban J connectivity index is 1.54. The van der Waals surface area contributed by atoms with Gasteiger partial charge in [0.25, 0.3) is 5.91 Å². The van der Waals surface area contributed by atoms with E-state index < -0.39 is 0 Å². The van der Waals surface area contributed by atoms with E-state index in [2.05, 4.69) is 61.2 Å². The predicted molar refractivity (Wildman–Crippen MR) is 122 cm³/mol. The van der Waals surface area contributed by atoms with Crippen molar-refractivity contribution >= 4 is 17.5 Å². The summed E-state index contributed by atoms with van der Waals surface area (Å²) < 4.78 is 0. The molecular formula is C25H30N4O2. The number of hydrogen-bond donors (Lipinski definition) is 0. The molecule has 0 N–H and O–H groups in total. The van der Waals surface area contributed by atoms with Gasteiger partial charge < -0.3 is 4.90 Å². The summed E-state index contributed by atoms with van der Waals surface area (Å²) in [6, 6.07) is 16.6. The van der Waals surface area contributed by atoms with Crippen molar-refractivity contribution in [3.8, 4) is 0 Å². The first-order valence-electron chi connectivity index (χ1n) is 10.9. The minimum Gasteiger partial charge on any atom is -0.340 e. The van der Waals surface area contributed by atoms with Crippen LogP contribution in [0.3, 0.4) is 0 Å². The average molecular weight is 419 g/mol. The van der Waals surface area contributed by atoms with Gasteiger partial charge in [0.1, 0.15) is 0 Å². The quantitative estimate of drug-likeness (QED) is 0.767. The molecule has 1 fully saturated rings. The van der Waals surface area contributed by atoms with Gasteiger partial charge in [-0.1, -0.05) is 59.7 Å². The second-order valence-electron chi connectivity index (χ2n) is 8.57. The van der Waals surface area contributed by atoms with Crippen LogP contribution in [0.25, 0.3) is 0 Å². The number of piperazine rings is 1. The zero-order valence-electron chi connectivity index (χ0n) is 18.5. The van der Waals surface area contributed by atoms with E-state index in [-0.39, 0.29) is 17.9 Å². The summed E-state index contributed by atoms with van der Waals surface area (Å²) in [5.41, 5.74) is 5.50. The van der Waals surface area contributed by atoms with Gasteiger partial charge in [-0.05, 0) is 25.0 Å². The van der Waals surface area contributed by atoms with E-state index in [1.165, 1.54) is 11.1 Å². The summed E-state index contributed by atoms with van der Waals surface area (Å²) in [5, 5.41) is 6.48. The van der Waals surface area contributed by atoms with Crippen LogP contribution in [-0.2, 0) is 9.59 Å². The van der Waals surface area contributed by atoms with Crippen LogP contribution in [0.1, 0.15) is 41.6 Å². The van der Waals surface area contributed by atoms with Crippen molar-refractivity contribution in [2.75, 3.05) is 32.7 Å². The molecule has 2 aliphatic rings. The number of benzene rings is 2. The number of amides is 2. The van der Waals surface area contributed by atoms with Gasteiger partial charge in [0, 0.05) is 39.5 Å². The SMILES string of the molecule is CC(=O)N1CCN(CC(=O)N2N=C(c3cccc(C)c3)C[C@@H]2c2ccc(C)cc2)CC1. The maximum atomic E-state index is 13.3. The van der Waals surface area contributed by atoms with E-state index in [0.29, 0.717) is 39.1 Å². The topological polar surface area (TPSA) is 56.2 Å². The lowest BCUT2D eigenvalue weighted by Gasteiger charge is -2.34. The molecule has 0 aromatic heterocycles. The van der Waals surface area contributed by atoms with Crippen LogP contribution in [0.5, 0.6) is 0 Å². The molecule has 0 radical (unpaired) electrons. The number of hydrogen-bond acceptors (Lipinski definition) is 4. The van der Waals surface area contributed by atoms with Crippen LogP contribution in [0.4, 0.5) is 0 Å². The number of hydrazone groups is 1. The van der Waals surface area contributed by atoms with Gasteiger partial charge in [0.2, 0.25) is 5.91 Å². The van der Waals surface area contributed by atoms with Crippen molar-refractivity contribution in [3.05, 3.63) is 70.8 Å². The van der Waals surface area contributed by atoms with E-state index in [1.807, 2.05) is 11.0 Å². The van der Waals surface area contributed by atoms with Crippen molar-refractivity contribution in [3.63, 3.8) is 0 Å². The Morgan fingerprint density at radius 1 is 0.968 bits per heavy atom. The normalized spacial score (nSPS) is 19.5. The Kier molecular flexibility index (Phi) is 6.18. The maximum absolute atomic E-state index is 13.3. The van der Waals surface area contributed by atoms with Crippen LogP contribution in [-0.4, -0.2) is 65.1 Å². The van der Waals surface area contributed by atoms with E-state index in [4.69, 9.17) is 5.10 Å². The van der Waals surface area contributed by atoms with Crippen molar-refractivity contribution in [1.82, 2.24) is 14.8 Å². The molecule has 0 saturated carbocycles. The summed E-state index contributed by atoms with van der Waals surface area (Å²) >= 11 is 0. The molecule has 2 aromatic carbocycles. The lowest BCUT2D eigenvalue weighted by Crippen LogP contribution is -2.50. The molecule has 1 atom stereocenters. The first kappa shape index (κ1) is 21.2. The summed E-state index contributed by atoms with van der Waals surface area (Å²) in [6.07, 6.45) is 0.705. The highest BCUT2D eigenvalue weighted by molar-refractivity contribution is 6.03. The lowest BCUT2D eigenvalue weighted by molar-refractivity contribution is -0.135. The standard InChI is InChI=1S/C25H30N4O2/c1-18-7-9-21(10-8-18)24-16-23(22-6-4-5-19(2)15-22)26-29(24)25(31)17-27-11-13-28(14-12-27)20(3)30/h4-10,15,24H,11-14,16-17H2,1-3H3/t24-/m1/s1. The van der Waals surface area contributed by atoms with Gasteiger partial charge in [-0.3, -0.25) is 14.5 Å². The van der Waals surface area contributed by atoms with Crippen molar-refractivity contribution < 1.29 is 9.59 Å². The molecule has 0 bridgehead atoms. The highest BCUT2D eigenvalue weighted by Crippen LogP contribution is 2.33. The second-order valence-corrected chi connectivity index (χ2v) is 8.57. The van der Waals surface area contributed by atoms with E-state index in [1.54, 1.807) is 11.9 Å². The van der Waals surface area contributed by atoms with Crippen LogP contribution in [0.15, 0.2) is 53.6 Å². The molecule has 0 spiro atoms. The Labute approximate surface area is 184 Å². The molecule has 31 heavy (non-hydrogen) atoms. The van der Waals surface area contributed by atoms with Crippen molar-refractivity contribution in [2.45, 2.75) is 33.2 Å². The monoisotopic (exact) mass is 418 g/mol. The van der Waals surface area contributed by atoms with Crippen LogP contribution in [0.2, 0.25) is 0 Å². The maximum Gasteiger partial charge on any atom is 0.257 e. The van der Waals surface area contributed by atoms with Gasteiger partial charge in [-0.25, -0.2) is 5.01 Å². The molecule has 162 valence electrons. The van der Waals surface area contributed by atoms with Crippen LogP contribution >= 0.6 is 0 Å². The Bertz CT molecular complexity index is 991. The van der Waals surface area contributed by atoms with Gasteiger partial charge in [-0.2, -0.15) is 5.10 Å². The Morgan fingerprint density at radius 3 is 2.32 bits per heavy atom. The zero-order chi connectivity index (χ0) is 22.0. The molecule has 2 amide bonds. The molecule has 4 rings (SSSR count). The van der Waals surface area contributed by atoms with E-state index in [0.717, 1.165) is 16.8 Å². The fourth-order valence-corrected chi connectivity index (χ4v) is 4.27. The number of nitrogens with zero attached hydrogens (tertiary/aromatic N) is 4. The highest BCUT2D eigenvalue weighted by atomic mass is 16.2. The van der Waals surface area contributed by atoms with E-state index in [9.17, 15) is 9.59 Å². The van der Waals surface area contributed by atoms with Crippen molar-refractivity contribution in [2.24, 2.45) is 5.10 Å². The summed E-state index contributed by atoms with van der Waals surface area (Å²) in [6.45, 7) is 8.81. The third-order valence-corrected chi connectivity index (χ3v) is 6.16. The molecule has 2 aliphatic heterocycles. The zero-order valence-corrected chi connectivity index (χ0v) is 18.5. The largest absolute Gasteiger partial charge is 0.340 e. The second kappa shape index (κ2) is 9.02. The molecule has 6 nitrogen and oxygen atoms in total. The Morgan fingerprint density at radius 2 is 1.68 bits per heavy atom. The third kappa shape index (κ3) is 4.85. The molecule has 0 aliphatic carbocycles. The molecule has 6 heteroatoms. The predicted octanol–water partition coefficient (Wildman–Crippen LogP) is 3.15. The summed E-state index contributed by atoms with van der Waals surface area (Å²) in [7, 11) is 0. The molecular weight excluding hydrogens is 388 g/mol. The average Bonchev–Trinajstić information content (AvgIpc) is 3.20. The van der Waals surface area contributed by atoms with Gasteiger partial charge >= 0.3 is 0 Å². The lowest BCUT2D eigenvalue weighted by atomic mass is 9.97. The fourth-order valence-electron chi connectivity index (χ4n) is 4.27. The van der Waals surface area contributed by atoms with Gasteiger partial charge in [0.05, 0.1) is 18.3 Å². The number of aryl methyl sites for hydroxylation is 2. The minimum absolute atomic E-state index is 0.00417. The fraction of sp³-hybridized carbons (Fsp3) is 0.400. The molecule has 0 unspecified atom stereocenters. The van der Waals surface area contributed by atoms with E-state index >= 15 is 0 Å². The van der Waals surface area contributed by atoms with Crippen molar-refractivity contribution in [1.29, 1.82) is 0 Å². The summed E-state index contributed by atoms with van der Waals surface area (Å²) in [4.78, 5) is 28.8. The minimum atomic E-state index is -0.0953. The smallest absolute Gasteiger partial charge is 0.257 e. The Hall–Kier alpha value is -2.99. The highest BCUT2D eigenvalue weighted by Gasteiger charge is 2.34. The first-order chi connectivity index (χ1) is 14.9. The molecule has 1 saturated heterocycles. The van der Waals surface area contributed by atoms with Crippen LogP contribution < -0.4 is 0 Å². The van der Waals surface area contributed by atoms with Crippen LogP contribution in [0, 0.1) is 13.8 Å². The number of carbonyl (C=O) groups is 2. The number of carbonyl (C=O) groups excluding carboxylic acids is 2. The number of rotatable bonds is 4.